The molecule has 2 aromatic heterocycles. The Morgan fingerprint density at radius 1 is 1.18 bits per heavy atom. The van der Waals surface area contributed by atoms with Gasteiger partial charge in [-0.3, -0.25) is 4.68 Å². The lowest BCUT2D eigenvalue weighted by Crippen LogP contribution is -2.01. The Hall–Kier alpha value is -2.11. The summed E-state index contributed by atoms with van der Waals surface area (Å²) in [5, 5.41) is 16.4. The van der Waals surface area contributed by atoms with Crippen LogP contribution in [-0.4, -0.2) is 21.5 Å². The second-order valence-corrected chi connectivity index (χ2v) is 6.37. The number of benzene rings is 1. The molecule has 3 rings (SSSR count). The van der Waals surface area contributed by atoms with Gasteiger partial charge in [0.2, 0.25) is 0 Å². The molecule has 0 amide bonds. The molecule has 114 valence electrons. The highest BCUT2D eigenvalue weighted by Gasteiger charge is 2.04. The van der Waals surface area contributed by atoms with Crippen molar-refractivity contribution >= 4 is 17.0 Å². The maximum Gasteiger partial charge on any atom is 0.0729 e. The first-order valence-corrected chi connectivity index (χ1v) is 8.09. The third kappa shape index (κ3) is 3.55. The zero-order valence-electron chi connectivity index (χ0n) is 12.5. The van der Waals surface area contributed by atoms with E-state index in [2.05, 4.69) is 53.7 Å². The van der Waals surface area contributed by atoms with E-state index in [-0.39, 0.29) is 6.61 Å². The van der Waals surface area contributed by atoms with Crippen molar-refractivity contribution < 1.29 is 5.11 Å². The molecule has 0 unspecified atom stereocenters. The van der Waals surface area contributed by atoms with Gasteiger partial charge in [-0.25, -0.2) is 0 Å². The van der Waals surface area contributed by atoms with E-state index in [4.69, 9.17) is 5.11 Å². The third-order valence-corrected chi connectivity index (χ3v) is 4.56. The molecule has 22 heavy (non-hydrogen) atoms. The zero-order valence-corrected chi connectivity index (χ0v) is 13.3. The summed E-state index contributed by atoms with van der Waals surface area (Å²) in [7, 11) is 0. The number of rotatable bonds is 6. The van der Waals surface area contributed by atoms with Crippen LogP contribution in [0.15, 0.2) is 48.8 Å². The van der Waals surface area contributed by atoms with Crippen molar-refractivity contribution in [1.82, 2.24) is 9.78 Å². The number of aliphatic hydroxyl groups is 1. The fourth-order valence-electron chi connectivity index (χ4n) is 2.21. The Bertz CT molecular complexity index is 730. The monoisotopic (exact) mass is 313 g/mol. The van der Waals surface area contributed by atoms with Crippen molar-refractivity contribution in [2.45, 2.75) is 20.0 Å². The maximum absolute atomic E-state index is 8.89. The predicted molar refractivity (Wildman–Crippen MR) is 91.1 cm³/mol. The fourth-order valence-corrected chi connectivity index (χ4v) is 3.17. The highest BCUT2D eigenvalue weighted by molar-refractivity contribution is 7.15. The normalized spacial score (nSPS) is 10.8. The molecule has 0 bridgehead atoms. The van der Waals surface area contributed by atoms with Gasteiger partial charge in [-0.2, -0.15) is 5.10 Å². The molecule has 0 saturated carbocycles. The van der Waals surface area contributed by atoms with Crippen molar-refractivity contribution in [3.8, 4) is 10.4 Å². The van der Waals surface area contributed by atoms with Crippen LogP contribution >= 0.6 is 11.3 Å². The Labute approximate surface area is 134 Å². The molecule has 0 fully saturated rings. The van der Waals surface area contributed by atoms with Crippen molar-refractivity contribution in [2.75, 3.05) is 11.9 Å². The smallest absolute Gasteiger partial charge is 0.0729 e. The van der Waals surface area contributed by atoms with Crippen molar-refractivity contribution in [3.05, 3.63) is 59.2 Å². The lowest BCUT2D eigenvalue weighted by atomic mass is 10.1. The second kappa shape index (κ2) is 6.77. The number of aliphatic hydroxyl groups excluding tert-OH is 1. The van der Waals surface area contributed by atoms with E-state index in [1.807, 2.05) is 6.20 Å². The SMILES string of the molecule is Cc1ccc(-c2ccc(CNc3cnn(CCO)c3)s2)cc1. The van der Waals surface area contributed by atoms with Gasteiger partial charge in [0.15, 0.2) is 0 Å². The van der Waals surface area contributed by atoms with Gasteiger partial charge in [0.05, 0.1) is 25.0 Å². The van der Waals surface area contributed by atoms with E-state index in [9.17, 15) is 0 Å². The molecule has 2 heterocycles. The molecule has 0 saturated heterocycles. The van der Waals surface area contributed by atoms with Gasteiger partial charge < -0.3 is 10.4 Å². The summed E-state index contributed by atoms with van der Waals surface area (Å²) in [4.78, 5) is 2.57. The lowest BCUT2D eigenvalue weighted by Gasteiger charge is -2.01. The van der Waals surface area contributed by atoms with Crippen LogP contribution in [0.1, 0.15) is 10.4 Å². The first-order valence-electron chi connectivity index (χ1n) is 7.27. The summed E-state index contributed by atoms with van der Waals surface area (Å²) in [5.41, 5.74) is 3.51. The van der Waals surface area contributed by atoms with Crippen LogP contribution in [0.4, 0.5) is 5.69 Å². The highest BCUT2D eigenvalue weighted by atomic mass is 32.1. The molecule has 5 heteroatoms. The molecule has 2 N–H and O–H groups in total. The molecular formula is C17H19N3OS. The first kappa shape index (κ1) is 14.8. The standard InChI is InChI=1S/C17H19N3OS/c1-13-2-4-14(5-3-13)17-7-6-16(22-17)11-18-15-10-19-20(12-15)8-9-21/h2-7,10,12,18,21H,8-9,11H2,1H3. The van der Waals surface area contributed by atoms with E-state index in [1.165, 1.54) is 20.9 Å². The number of anilines is 1. The molecule has 1 aromatic carbocycles. The van der Waals surface area contributed by atoms with Crippen molar-refractivity contribution in [3.63, 3.8) is 0 Å². The third-order valence-electron chi connectivity index (χ3n) is 3.43. The van der Waals surface area contributed by atoms with Gasteiger partial charge in [-0.05, 0) is 24.6 Å². The molecule has 0 aliphatic carbocycles. The minimum Gasteiger partial charge on any atom is -0.394 e. The second-order valence-electron chi connectivity index (χ2n) is 5.20. The zero-order chi connectivity index (χ0) is 15.4. The van der Waals surface area contributed by atoms with Crippen LogP contribution in [0.5, 0.6) is 0 Å². The topological polar surface area (TPSA) is 50.1 Å². The summed E-state index contributed by atoms with van der Waals surface area (Å²) in [5.74, 6) is 0. The van der Waals surface area contributed by atoms with Crippen LogP contribution in [-0.2, 0) is 13.1 Å². The molecule has 4 nitrogen and oxygen atoms in total. The number of aryl methyl sites for hydroxylation is 1. The molecule has 0 aliphatic heterocycles. The minimum atomic E-state index is 0.103. The van der Waals surface area contributed by atoms with Crippen LogP contribution < -0.4 is 5.32 Å². The summed E-state index contributed by atoms with van der Waals surface area (Å²) >= 11 is 1.80. The van der Waals surface area contributed by atoms with Crippen LogP contribution in [0.3, 0.4) is 0 Å². The van der Waals surface area contributed by atoms with E-state index < -0.39 is 0 Å². The van der Waals surface area contributed by atoms with Gasteiger partial charge in [-0.1, -0.05) is 29.8 Å². The molecular weight excluding hydrogens is 294 g/mol. The summed E-state index contributed by atoms with van der Waals surface area (Å²) in [6.45, 7) is 3.51. The van der Waals surface area contributed by atoms with Gasteiger partial charge in [-0.15, -0.1) is 11.3 Å². The average Bonchev–Trinajstić information content (AvgIpc) is 3.16. The largest absolute Gasteiger partial charge is 0.394 e. The number of nitrogens with zero attached hydrogens (tertiary/aromatic N) is 2. The summed E-state index contributed by atoms with van der Waals surface area (Å²) in [6.07, 6.45) is 3.69. The molecule has 0 atom stereocenters. The van der Waals surface area contributed by atoms with Gasteiger partial charge in [0, 0.05) is 22.5 Å². The number of hydrogen-bond acceptors (Lipinski definition) is 4. The fraction of sp³-hybridized carbons (Fsp3) is 0.235. The van der Waals surface area contributed by atoms with E-state index >= 15 is 0 Å². The Balaban J connectivity index is 1.62. The Morgan fingerprint density at radius 2 is 2.00 bits per heavy atom. The molecule has 0 spiro atoms. The number of thiophene rings is 1. The van der Waals surface area contributed by atoms with Crippen LogP contribution in [0.25, 0.3) is 10.4 Å². The minimum absolute atomic E-state index is 0.103. The Morgan fingerprint density at radius 3 is 2.77 bits per heavy atom. The van der Waals surface area contributed by atoms with E-state index in [0.29, 0.717) is 6.54 Å². The number of nitrogens with one attached hydrogen (secondary N) is 1. The van der Waals surface area contributed by atoms with E-state index in [0.717, 1.165) is 12.2 Å². The number of hydrogen-bond donors (Lipinski definition) is 2. The Kier molecular flexibility index (Phi) is 4.56. The van der Waals surface area contributed by atoms with E-state index in [1.54, 1.807) is 22.2 Å². The quantitative estimate of drug-likeness (QED) is 0.732. The molecule has 3 aromatic rings. The lowest BCUT2D eigenvalue weighted by molar-refractivity contribution is 0.269. The summed E-state index contributed by atoms with van der Waals surface area (Å²) in [6, 6.07) is 12.9. The maximum atomic E-state index is 8.89. The first-order chi connectivity index (χ1) is 10.7. The molecule has 0 radical (unpaired) electrons. The van der Waals surface area contributed by atoms with Gasteiger partial charge in [0.25, 0.3) is 0 Å². The highest BCUT2D eigenvalue weighted by Crippen LogP contribution is 2.28. The van der Waals surface area contributed by atoms with Crippen molar-refractivity contribution in [1.29, 1.82) is 0 Å². The van der Waals surface area contributed by atoms with Gasteiger partial charge in [0.1, 0.15) is 0 Å². The number of aromatic nitrogens is 2. The average molecular weight is 313 g/mol. The predicted octanol–water partition coefficient (Wildman–Crippen LogP) is 3.52. The van der Waals surface area contributed by atoms with Crippen molar-refractivity contribution in [2.24, 2.45) is 0 Å². The van der Waals surface area contributed by atoms with Crippen LogP contribution in [0, 0.1) is 6.92 Å². The van der Waals surface area contributed by atoms with Gasteiger partial charge >= 0.3 is 0 Å². The molecule has 0 aliphatic rings. The summed E-state index contributed by atoms with van der Waals surface area (Å²) < 4.78 is 1.73. The van der Waals surface area contributed by atoms with Crippen LogP contribution in [0.2, 0.25) is 0 Å².